The minimum atomic E-state index is -0.290. The van der Waals surface area contributed by atoms with Crippen LogP contribution in [0.25, 0.3) is 0 Å². The van der Waals surface area contributed by atoms with Crippen molar-refractivity contribution in [3.05, 3.63) is 35.9 Å². The number of carbonyl (C=O) groups excluding carboxylic acids is 3. The normalized spacial score (nSPS) is 9.85. The summed E-state index contributed by atoms with van der Waals surface area (Å²) >= 11 is 1.17. The Bertz CT molecular complexity index is 463. The van der Waals surface area contributed by atoms with E-state index in [-0.39, 0.29) is 36.3 Å². The number of hydrogen-bond acceptors (Lipinski definition) is 4. The van der Waals surface area contributed by atoms with E-state index in [9.17, 15) is 14.4 Å². The van der Waals surface area contributed by atoms with Gasteiger partial charge in [0.25, 0.3) is 0 Å². The molecule has 108 valence electrons. The average Bonchev–Trinajstić information content (AvgIpc) is 2.49. The highest BCUT2D eigenvalue weighted by Gasteiger charge is 2.08. The molecule has 0 saturated carbocycles. The van der Waals surface area contributed by atoms with Gasteiger partial charge in [0, 0.05) is 25.6 Å². The third-order valence-corrected chi connectivity index (χ3v) is 3.47. The molecule has 0 unspecified atom stereocenters. The molecule has 0 aliphatic heterocycles. The number of carbonyl (C=O) groups is 3. The van der Waals surface area contributed by atoms with Gasteiger partial charge >= 0.3 is 0 Å². The molecule has 0 fully saturated rings. The zero-order valence-electron chi connectivity index (χ0n) is 11.3. The molecule has 0 spiro atoms. The summed E-state index contributed by atoms with van der Waals surface area (Å²) in [5, 5.41) is 4.85. The zero-order chi connectivity index (χ0) is 14.8. The van der Waals surface area contributed by atoms with Crippen LogP contribution >= 0.6 is 11.8 Å². The highest BCUT2D eigenvalue weighted by Crippen LogP contribution is 2.11. The van der Waals surface area contributed by atoms with E-state index >= 15 is 0 Å². The Labute approximate surface area is 122 Å². The van der Waals surface area contributed by atoms with Crippen molar-refractivity contribution >= 4 is 28.7 Å². The standard InChI is InChI=1S/C14H18N2O3S/c1-15-12(17)7-8-13(18)16-9-14(19)20-10-11-5-3-2-4-6-11/h2-6H,7-10H2,1H3,(H,15,17)(H,16,18). The number of amides is 2. The quantitative estimate of drug-likeness (QED) is 0.789. The van der Waals surface area contributed by atoms with Gasteiger partial charge in [0.1, 0.15) is 0 Å². The van der Waals surface area contributed by atoms with Gasteiger partial charge in [0.15, 0.2) is 0 Å². The molecule has 0 bridgehead atoms. The Morgan fingerprint density at radius 3 is 2.35 bits per heavy atom. The second-order valence-corrected chi connectivity index (χ2v) is 5.13. The third kappa shape index (κ3) is 6.94. The molecule has 0 atom stereocenters. The van der Waals surface area contributed by atoms with Gasteiger partial charge < -0.3 is 10.6 Å². The second-order valence-electron chi connectivity index (χ2n) is 4.10. The van der Waals surface area contributed by atoms with E-state index in [1.807, 2.05) is 30.3 Å². The summed E-state index contributed by atoms with van der Waals surface area (Å²) in [6, 6.07) is 9.65. The first-order valence-corrected chi connectivity index (χ1v) is 7.27. The van der Waals surface area contributed by atoms with Crippen LogP contribution in [0, 0.1) is 0 Å². The highest BCUT2D eigenvalue weighted by atomic mass is 32.2. The topological polar surface area (TPSA) is 75.3 Å². The van der Waals surface area contributed by atoms with Gasteiger partial charge in [-0.2, -0.15) is 0 Å². The van der Waals surface area contributed by atoms with Crippen LogP contribution in [0.5, 0.6) is 0 Å². The minimum Gasteiger partial charge on any atom is -0.359 e. The molecule has 6 heteroatoms. The number of hydrogen-bond donors (Lipinski definition) is 2. The molecule has 2 N–H and O–H groups in total. The van der Waals surface area contributed by atoms with Crippen LogP contribution in [0.4, 0.5) is 0 Å². The van der Waals surface area contributed by atoms with Crippen LogP contribution in [-0.2, 0) is 20.1 Å². The lowest BCUT2D eigenvalue weighted by Gasteiger charge is -2.04. The molecule has 0 saturated heterocycles. The molecule has 1 rings (SSSR count). The number of rotatable bonds is 7. The van der Waals surface area contributed by atoms with Crippen molar-refractivity contribution < 1.29 is 14.4 Å². The minimum absolute atomic E-state index is 0.00984. The van der Waals surface area contributed by atoms with Gasteiger partial charge in [-0.1, -0.05) is 42.1 Å². The van der Waals surface area contributed by atoms with Crippen molar-refractivity contribution in [2.24, 2.45) is 0 Å². The first-order chi connectivity index (χ1) is 9.61. The van der Waals surface area contributed by atoms with Crippen molar-refractivity contribution in [2.45, 2.75) is 18.6 Å². The fourth-order valence-electron chi connectivity index (χ4n) is 1.40. The van der Waals surface area contributed by atoms with Gasteiger partial charge in [-0.15, -0.1) is 0 Å². The summed E-state index contributed by atoms with van der Waals surface area (Å²) in [5.74, 6) is 0.112. The summed E-state index contributed by atoms with van der Waals surface area (Å²) in [6.45, 7) is -0.00984. The summed E-state index contributed by atoms with van der Waals surface area (Å²) in [5.41, 5.74) is 1.07. The molecule has 0 radical (unpaired) electrons. The van der Waals surface area contributed by atoms with Crippen molar-refractivity contribution in [1.82, 2.24) is 10.6 Å². The monoisotopic (exact) mass is 294 g/mol. The fourth-order valence-corrected chi connectivity index (χ4v) is 2.09. The van der Waals surface area contributed by atoms with E-state index in [1.54, 1.807) is 0 Å². The maximum Gasteiger partial charge on any atom is 0.220 e. The van der Waals surface area contributed by atoms with Crippen molar-refractivity contribution in [3.8, 4) is 0 Å². The van der Waals surface area contributed by atoms with Crippen LogP contribution in [0.15, 0.2) is 30.3 Å². The molecule has 0 aromatic heterocycles. The molecule has 0 aliphatic rings. The molecule has 1 aromatic rings. The van der Waals surface area contributed by atoms with Crippen LogP contribution < -0.4 is 10.6 Å². The lowest BCUT2D eigenvalue weighted by Crippen LogP contribution is -2.29. The Balaban J connectivity index is 2.16. The lowest BCUT2D eigenvalue weighted by atomic mass is 10.2. The molecule has 2 amide bonds. The number of nitrogens with one attached hydrogen (secondary N) is 2. The first-order valence-electron chi connectivity index (χ1n) is 6.28. The SMILES string of the molecule is CNC(=O)CCC(=O)NCC(=O)SCc1ccccc1. The van der Waals surface area contributed by atoms with Gasteiger partial charge in [-0.3, -0.25) is 14.4 Å². The van der Waals surface area contributed by atoms with Gasteiger partial charge in [-0.05, 0) is 5.56 Å². The maximum atomic E-state index is 11.6. The summed E-state index contributed by atoms with van der Waals surface area (Å²) in [7, 11) is 1.52. The smallest absolute Gasteiger partial charge is 0.220 e. The molecular formula is C14H18N2O3S. The van der Waals surface area contributed by atoms with Gasteiger partial charge in [0.05, 0.1) is 6.54 Å². The van der Waals surface area contributed by atoms with Crippen LogP contribution in [0.3, 0.4) is 0 Å². The molecule has 0 heterocycles. The molecular weight excluding hydrogens is 276 g/mol. The Hall–Kier alpha value is -1.82. The largest absolute Gasteiger partial charge is 0.359 e. The van der Waals surface area contributed by atoms with E-state index < -0.39 is 0 Å². The Morgan fingerprint density at radius 1 is 1.05 bits per heavy atom. The molecule has 1 aromatic carbocycles. The predicted molar refractivity (Wildman–Crippen MR) is 79.1 cm³/mol. The Kier molecular flexibility index (Phi) is 7.42. The highest BCUT2D eigenvalue weighted by molar-refractivity contribution is 8.13. The first kappa shape index (κ1) is 16.2. The fraction of sp³-hybridized carbons (Fsp3) is 0.357. The van der Waals surface area contributed by atoms with E-state index in [4.69, 9.17) is 0 Å². The zero-order valence-corrected chi connectivity index (χ0v) is 12.2. The van der Waals surface area contributed by atoms with E-state index in [0.29, 0.717) is 5.75 Å². The number of thioether (sulfide) groups is 1. The summed E-state index contributed by atoms with van der Waals surface area (Å²) in [6.07, 6.45) is 0.226. The van der Waals surface area contributed by atoms with Crippen LogP contribution in [0.1, 0.15) is 18.4 Å². The predicted octanol–water partition coefficient (Wildman–Crippen LogP) is 1.09. The Morgan fingerprint density at radius 2 is 1.70 bits per heavy atom. The molecule has 5 nitrogen and oxygen atoms in total. The molecule has 20 heavy (non-hydrogen) atoms. The van der Waals surface area contributed by atoms with Crippen molar-refractivity contribution in [2.75, 3.05) is 13.6 Å². The third-order valence-electron chi connectivity index (χ3n) is 2.53. The van der Waals surface area contributed by atoms with Gasteiger partial charge in [-0.25, -0.2) is 0 Å². The average molecular weight is 294 g/mol. The molecule has 0 aliphatic carbocycles. The summed E-state index contributed by atoms with van der Waals surface area (Å²) in [4.78, 5) is 33.9. The van der Waals surface area contributed by atoms with Crippen molar-refractivity contribution in [1.29, 1.82) is 0 Å². The lowest BCUT2D eigenvalue weighted by molar-refractivity contribution is -0.126. The van der Waals surface area contributed by atoms with Crippen LogP contribution in [-0.4, -0.2) is 30.5 Å². The van der Waals surface area contributed by atoms with Crippen molar-refractivity contribution in [3.63, 3.8) is 0 Å². The van der Waals surface area contributed by atoms with E-state index in [1.165, 1.54) is 18.8 Å². The van der Waals surface area contributed by atoms with Gasteiger partial charge in [0.2, 0.25) is 16.9 Å². The summed E-state index contributed by atoms with van der Waals surface area (Å²) < 4.78 is 0. The second kappa shape index (κ2) is 9.14. The van der Waals surface area contributed by atoms with E-state index in [0.717, 1.165) is 5.56 Å². The van der Waals surface area contributed by atoms with E-state index in [2.05, 4.69) is 10.6 Å². The maximum absolute atomic E-state index is 11.6. The van der Waals surface area contributed by atoms with Crippen LogP contribution in [0.2, 0.25) is 0 Å². The number of benzene rings is 1.